The second-order valence-corrected chi connectivity index (χ2v) is 6.20. The van der Waals surface area contributed by atoms with Crippen LogP contribution in [0.2, 0.25) is 0 Å². The van der Waals surface area contributed by atoms with E-state index in [4.69, 9.17) is 4.74 Å². The van der Waals surface area contributed by atoms with E-state index in [-0.39, 0.29) is 6.04 Å². The number of hydrogen-bond donors (Lipinski definition) is 2. The molecule has 23 heavy (non-hydrogen) atoms. The summed E-state index contributed by atoms with van der Waals surface area (Å²) in [6.45, 7) is 2.57. The van der Waals surface area contributed by atoms with Crippen LogP contribution < -0.4 is 15.4 Å². The van der Waals surface area contributed by atoms with Crippen LogP contribution in [0, 0.1) is 5.92 Å². The molecule has 0 bridgehead atoms. The normalized spacial score (nSPS) is 20.6. The van der Waals surface area contributed by atoms with Crippen LogP contribution in [0.15, 0.2) is 24.3 Å². The van der Waals surface area contributed by atoms with Crippen molar-refractivity contribution in [1.82, 2.24) is 10.6 Å². The van der Waals surface area contributed by atoms with E-state index >= 15 is 0 Å². The molecule has 0 aromatic heterocycles. The van der Waals surface area contributed by atoms with Gasteiger partial charge in [-0.2, -0.15) is 0 Å². The zero-order chi connectivity index (χ0) is 16.7. The maximum absolute atomic E-state index is 11.9. The molecule has 126 valence electrons. The van der Waals surface area contributed by atoms with Gasteiger partial charge >= 0.3 is 11.8 Å². The molecule has 0 radical (unpaired) electrons. The molecule has 0 unspecified atom stereocenters. The molecule has 1 aliphatic carbocycles. The lowest BCUT2D eigenvalue weighted by molar-refractivity contribution is -0.139. The molecular formula is C18H26N2O3. The molecule has 0 aliphatic heterocycles. The van der Waals surface area contributed by atoms with Crippen molar-refractivity contribution in [2.45, 2.75) is 45.1 Å². The smallest absolute Gasteiger partial charge is 0.309 e. The molecule has 5 heteroatoms. The molecule has 0 heterocycles. The van der Waals surface area contributed by atoms with Gasteiger partial charge in [0.15, 0.2) is 0 Å². The lowest BCUT2D eigenvalue weighted by Crippen LogP contribution is -2.48. The predicted molar refractivity (Wildman–Crippen MR) is 89.3 cm³/mol. The summed E-state index contributed by atoms with van der Waals surface area (Å²) < 4.78 is 5.10. The zero-order valence-corrected chi connectivity index (χ0v) is 13.9. The van der Waals surface area contributed by atoms with Gasteiger partial charge in [0.1, 0.15) is 5.75 Å². The Bertz CT molecular complexity index is 528. The van der Waals surface area contributed by atoms with Crippen molar-refractivity contribution in [3.8, 4) is 5.75 Å². The fourth-order valence-electron chi connectivity index (χ4n) is 2.96. The lowest BCUT2D eigenvalue weighted by atomic mass is 9.86. The van der Waals surface area contributed by atoms with Gasteiger partial charge in [0.25, 0.3) is 0 Å². The molecule has 1 aliphatic rings. The number of ether oxygens (including phenoxy) is 1. The molecular weight excluding hydrogens is 292 g/mol. The molecule has 2 N–H and O–H groups in total. The van der Waals surface area contributed by atoms with E-state index in [9.17, 15) is 9.59 Å². The Balaban J connectivity index is 1.71. The Kier molecular flexibility index (Phi) is 6.44. The number of rotatable bonds is 5. The first-order valence-corrected chi connectivity index (χ1v) is 8.31. The van der Waals surface area contributed by atoms with Gasteiger partial charge < -0.3 is 15.4 Å². The highest BCUT2D eigenvalue weighted by atomic mass is 16.5. The Morgan fingerprint density at radius 3 is 2.48 bits per heavy atom. The van der Waals surface area contributed by atoms with Crippen molar-refractivity contribution >= 4 is 11.8 Å². The second kappa shape index (κ2) is 8.56. The first kappa shape index (κ1) is 17.3. The topological polar surface area (TPSA) is 67.4 Å². The number of hydrogen-bond acceptors (Lipinski definition) is 3. The van der Waals surface area contributed by atoms with Gasteiger partial charge in [-0.25, -0.2) is 0 Å². The maximum atomic E-state index is 11.9. The lowest BCUT2D eigenvalue weighted by Gasteiger charge is -2.29. The van der Waals surface area contributed by atoms with Crippen LogP contribution in [0.1, 0.15) is 38.2 Å². The third-order valence-corrected chi connectivity index (χ3v) is 4.49. The van der Waals surface area contributed by atoms with E-state index in [2.05, 4.69) is 17.6 Å². The summed E-state index contributed by atoms with van der Waals surface area (Å²) in [6.07, 6.45) is 5.09. The van der Waals surface area contributed by atoms with Crippen LogP contribution in [0.3, 0.4) is 0 Å². The molecule has 1 fully saturated rings. The summed E-state index contributed by atoms with van der Waals surface area (Å²) in [5, 5.41) is 5.55. The Hall–Kier alpha value is -2.04. The van der Waals surface area contributed by atoms with Gasteiger partial charge in [-0.3, -0.25) is 9.59 Å². The number of carbonyl (C=O) groups excluding carboxylic acids is 2. The van der Waals surface area contributed by atoms with E-state index in [1.807, 2.05) is 24.3 Å². The standard InChI is InChI=1S/C18H26N2O3/c1-13-5-3-4-6-16(13)20-18(22)17(21)19-12-11-14-7-9-15(23-2)10-8-14/h7-10,13,16H,3-6,11-12H2,1-2H3,(H,19,21)(H,20,22)/t13-,16-/m1/s1. The van der Waals surface area contributed by atoms with Crippen LogP contribution >= 0.6 is 0 Å². The third kappa shape index (κ3) is 5.27. The van der Waals surface area contributed by atoms with E-state index in [0.29, 0.717) is 18.9 Å². The number of carbonyl (C=O) groups is 2. The van der Waals surface area contributed by atoms with Crippen molar-refractivity contribution in [1.29, 1.82) is 0 Å². The number of benzene rings is 1. The quantitative estimate of drug-likeness (QED) is 0.817. The van der Waals surface area contributed by atoms with Crippen molar-refractivity contribution in [3.05, 3.63) is 29.8 Å². The van der Waals surface area contributed by atoms with E-state index in [1.165, 1.54) is 6.42 Å². The average molecular weight is 318 g/mol. The van der Waals surface area contributed by atoms with E-state index in [1.54, 1.807) is 7.11 Å². The molecule has 2 rings (SSSR count). The fraction of sp³-hybridized carbons (Fsp3) is 0.556. The average Bonchev–Trinajstić information content (AvgIpc) is 2.57. The fourth-order valence-corrected chi connectivity index (χ4v) is 2.96. The van der Waals surface area contributed by atoms with Gasteiger partial charge in [-0.15, -0.1) is 0 Å². The minimum Gasteiger partial charge on any atom is -0.497 e. The van der Waals surface area contributed by atoms with Crippen molar-refractivity contribution in [2.24, 2.45) is 5.92 Å². The number of amides is 2. The summed E-state index contributed by atoms with van der Waals surface area (Å²) in [6, 6.07) is 7.80. The SMILES string of the molecule is COc1ccc(CCNC(=O)C(=O)N[C@@H]2CCCC[C@H]2C)cc1. The molecule has 0 spiro atoms. The third-order valence-electron chi connectivity index (χ3n) is 4.49. The summed E-state index contributed by atoms with van der Waals surface area (Å²) >= 11 is 0. The largest absolute Gasteiger partial charge is 0.497 e. The van der Waals surface area contributed by atoms with Crippen LogP contribution in [0.4, 0.5) is 0 Å². The van der Waals surface area contributed by atoms with Crippen molar-refractivity contribution in [3.63, 3.8) is 0 Å². The zero-order valence-electron chi connectivity index (χ0n) is 13.9. The molecule has 2 atom stereocenters. The Labute approximate surface area is 137 Å². The summed E-state index contributed by atoms with van der Waals surface area (Å²) in [4.78, 5) is 23.8. The van der Waals surface area contributed by atoms with Gasteiger partial charge in [0.05, 0.1) is 7.11 Å². The van der Waals surface area contributed by atoms with Gasteiger partial charge in [-0.05, 0) is 42.9 Å². The van der Waals surface area contributed by atoms with Gasteiger partial charge in [0, 0.05) is 12.6 Å². The molecule has 1 aromatic rings. The van der Waals surface area contributed by atoms with Gasteiger partial charge in [0.2, 0.25) is 0 Å². The van der Waals surface area contributed by atoms with Gasteiger partial charge in [-0.1, -0.05) is 31.9 Å². The van der Waals surface area contributed by atoms with E-state index < -0.39 is 11.8 Å². The highest BCUT2D eigenvalue weighted by Gasteiger charge is 2.25. The van der Waals surface area contributed by atoms with E-state index in [0.717, 1.165) is 30.6 Å². The summed E-state index contributed by atoms with van der Waals surface area (Å²) in [5.74, 6) is 0.188. The Morgan fingerprint density at radius 2 is 1.83 bits per heavy atom. The number of methoxy groups -OCH3 is 1. The van der Waals surface area contributed by atoms with Crippen LogP contribution in [-0.4, -0.2) is 31.5 Å². The highest BCUT2D eigenvalue weighted by molar-refractivity contribution is 6.35. The maximum Gasteiger partial charge on any atom is 0.309 e. The van der Waals surface area contributed by atoms with Crippen LogP contribution in [0.5, 0.6) is 5.75 Å². The van der Waals surface area contributed by atoms with Crippen LogP contribution in [-0.2, 0) is 16.0 Å². The first-order chi connectivity index (χ1) is 11.1. The predicted octanol–water partition coefficient (Wildman–Crippen LogP) is 2.05. The minimum absolute atomic E-state index is 0.128. The highest BCUT2D eigenvalue weighted by Crippen LogP contribution is 2.23. The van der Waals surface area contributed by atoms with Crippen LogP contribution in [0.25, 0.3) is 0 Å². The molecule has 1 aromatic carbocycles. The molecule has 1 saturated carbocycles. The summed E-state index contributed by atoms with van der Waals surface area (Å²) in [7, 11) is 1.63. The molecule has 0 saturated heterocycles. The molecule has 2 amide bonds. The van der Waals surface area contributed by atoms with Crippen molar-refractivity contribution in [2.75, 3.05) is 13.7 Å². The molecule has 5 nitrogen and oxygen atoms in total. The monoisotopic (exact) mass is 318 g/mol. The summed E-state index contributed by atoms with van der Waals surface area (Å²) in [5.41, 5.74) is 1.09. The second-order valence-electron chi connectivity index (χ2n) is 6.20. The van der Waals surface area contributed by atoms with Crippen molar-refractivity contribution < 1.29 is 14.3 Å². The number of nitrogens with one attached hydrogen (secondary N) is 2. The Morgan fingerprint density at radius 1 is 1.13 bits per heavy atom. The first-order valence-electron chi connectivity index (χ1n) is 8.31. The minimum atomic E-state index is -0.545.